The van der Waals surface area contributed by atoms with Gasteiger partial charge in [0, 0.05) is 44.0 Å². The van der Waals surface area contributed by atoms with E-state index in [9.17, 15) is 0 Å². The van der Waals surface area contributed by atoms with Crippen molar-refractivity contribution in [2.45, 2.75) is 13.8 Å². The topological polar surface area (TPSA) is 26.8 Å². The number of para-hydroxylation sites is 5. The summed E-state index contributed by atoms with van der Waals surface area (Å²) < 4.78 is 7.66. The number of hydrogen-bond donors (Lipinski definition) is 1. The van der Waals surface area contributed by atoms with E-state index in [0.29, 0.717) is 20.1 Å². The molecule has 92 heavy (non-hydrogen) atoms. The van der Waals surface area contributed by atoms with E-state index in [1.54, 1.807) is 10.7 Å². The number of nitrogens with zero attached hydrogens (tertiary/aromatic N) is 3. The first-order valence-electron chi connectivity index (χ1n) is 33.5. The van der Waals surface area contributed by atoms with Crippen LogP contribution in [0, 0.1) is 13.8 Å². The monoisotopic (exact) mass is 1180 g/mol. The van der Waals surface area contributed by atoms with Gasteiger partial charge in [0.2, 0.25) is 13.4 Å². The molecule has 13 aromatic carbocycles. The SMILES string of the molecule is Cc1ccc2c3cccc4c3n(c2c1)-c1cccc2c1B4c1ccccc1-2.Cc1cccc2c3cccc4c3n(c12)-c1cccc2c1B4c1ccccc1-2.[BH2-]1B2B3B1P23(Nc1ccccc1)c1ccc2c3c1c1ccccc1n3-c1cccc3c1B2c1ccccc1-3. The predicted molar refractivity (Wildman–Crippen MR) is 405 cm³/mol. The molecule has 1 N–H and O–H groups in total. The summed E-state index contributed by atoms with van der Waals surface area (Å²) in [6, 6.07) is 100. The van der Waals surface area contributed by atoms with Crippen molar-refractivity contribution in [3.05, 3.63) is 278 Å². The van der Waals surface area contributed by atoms with E-state index >= 15 is 0 Å². The second-order valence-corrected chi connectivity index (χ2v) is 33.9. The van der Waals surface area contributed by atoms with Crippen LogP contribution in [0.4, 0.5) is 5.69 Å². The second kappa shape index (κ2) is 16.9. The quantitative estimate of drug-likeness (QED) is 0.139. The summed E-state index contributed by atoms with van der Waals surface area (Å²) in [5.74, 6) is 0. The molecule has 13 heterocycles. The molecular weight excluding hydrogens is 1120 g/mol. The van der Waals surface area contributed by atoms with Crippen molar-refractivity contribution in [1.82, 2.24) is 13.7 Å². The first-order chi connectivity index (χ1) is 45.5. The average molecular weight is 1180 g/mol. The fourth-order valence-electron chi connectivity index (χ4n) is 21.4. The van der Waals surface area contributed by atoms with Gasteiger partial charge in [0.25, 0.3) is 0 Å². The molecule has 420 valence electrons. The molecule has 4 fully saturated rings. The Kier molecular flexibility index (Phi) is 9.13. The number of rotatable bonds is 3. The van der Waals surface area contributed by atoms with Crippen LogP contribution in [0.25, 0.3) is 116 Å². The third-order valence-corrected chi connectivity index (χ3v) is 33.3. The van der Waals surface area contributed by atoms with Crippen molar-refractivity contribution in [2.75, 3.05) is 5.09 Å². The van der Waals surface area contributed by atoms with E-state index in [0.717, 1.165) is 18.6 Å². The number of aryl methyl sites for hydroxylation is 2. The Morgan fingerprint density at radius 1 is 0.337 bits per heavy atom. The van der Waals surface area contributed by atoms with Crippen LogP contribution in [0.2, 0.25) is 0 Å². The zero-order chi connectivity index (χ0) is 59.8. The maximum atomic E-state index is 4.34. The standard InChI is InChI=1S/C30H21B5N2P.2C25H16BN/c1-2-9-19(10-3-1)36-38(33-31-34(38)35(33)38)27-18-17-24-30-28(27)22-12-5-7-15-25(22)37(30)26-16-8-13-21-20-11-4-6-14-23(20)32(24)29(21)26;1-15-7-4-10-18-19-11-5-13-21-25(19)27(24(15)18)22-14-6-9-17-16-8-2-3-12-20(16)26(21)23(17)22;1-15-12-13-17-19-8-4-10-21-25(19)27(23(17)14-15)22-11-5-7-18-16-6-2-3-9-20(16)26(21)24(18)22/h1-18,36H,31H2;2*2-14H,1H3/q-1;;. The Morgan fingerprint density at radius 2 is 0.783 bits per heavy atom. The molecule has 0 spiro atoms. The minimum absolute atomic E-state index is 0.209. The fourth-order valence-corrected chi connectivity index (χ4v) is 31.7. The van der Waals surface area contributed by atoms with Gasteiger partial charge in [-0.1, -0.05) is 150 Å². The van der Waals surface area contributed by atoms with Gasteiger partial charge in [-0.3, -0.25) is 0 Å². The molecule has 0 aliphatic carbocycles. The summed E-state index contributed by atoms with van der Waals surface area (Å²) in [5.41, 5.74) is 37.9. The Bertz CT molecular complexity index is 6140. The van der Waals surface area contributed by atoms with Crippen molar-refractivity contribution in [1.29, 1.82) is 0 Å². The number of hydrogen-bond acceptors (Lipinski definition) is 1. The molecule has 16 aromatic rings. The fraction of sp³-hybridized carbons (Fsp3) is 0.0250. The molecule has 4 saturated heterocycles. The van der Waals surface area contributed by atoms with Gasteiger partial charge < -0.3 is 9.13 Å². The van der Waals surface area contributed by atoms with Crippen molar-refractivity contribution in [2.24, 2.45) is 0 Å². The Morgan fingerprint density at radius 3 is 1.37 bits per heavy atom. The molecule has 3 aromatic heterocycles. The van der Waals surface area contributed by atoms with Crippen LogP contribution in [-0.4, -0.2) is 59.5 Å². The van der Waals surface area contributed by atoms with Crippen LogP contribution in [0.15, 0.2) is 267 Å². The van der Waals surface area contributed by atoms with E-state index in [2.05, 4.69) is 300 Å². The third-order valence-electron chi connectivity index (χ3n) is 24.9. The van der Waals surface area contributed by atoms with Crippen LogP contribution in [0.3, 0.4) is 0 Å². The number of aromatic nitrogens is 3. The van der Waals surface area contributed by atoms with Crippen molar-refractivity contribution in [3.8, 4) is 50.4 Å². The number of nitrogens with one attached hydrogen (secondary N) is 1. The Hall–Kier alpha value is -10.1. The summed E-state index contributed by atoms with van der Waals surface area (Å²) in [5, 5.41) is 14.5. The van der Waals surface area contributed by atoms with Gasteiger partial charge in [-0.2, -0.15) is 0 Å². The van der Waals surface area contributed by atoms with Crippen LogP contribution in [0.1, 0.15) is 11.1 Å². The molecule has 0 saturated carbocycles. The normalized spacial score (nSPS) is 16.0. The minimum atomic E-state index is -2.09. The number of anilines is 1. The van der Waals surface area contributed by atoms with Crippen molar-refractivity contribution >= 4 is 178 Å². The first-order valence-corrected chi connectivity index (χ1v) is 35.9. The van der Waals surface area contributed by atoms with Gasteiger partial charge in [0.1, 0.15) is 0 Å². The zero-order valence-electron chi connectivity index (χ0n) is 51.2. The Labute approximate surface area is 535 Å². The summed E-state index contributed by atoms with van der Waals surface area (Å²) >= 11 is 0. The van der Waals surface area contributed by atoms with Crippen molar-refractivity contribution < 1.29 is 0 Å². The molecule has 26 rings (SSSR count). The summed E-state index contributed by atoms with van der Waals surface area (Å²) in [6.07, 6.45) is 0.900. The summed E-state index contributed by atoms with van der Waals surface area (Å²) in [4.78, 5) is 0. The summed E-state index contributed by atoms with van der Waals surface area (Å²) in [6.45, 7) is 5.41. The molecule has 0 amide bonds. The number of benzene rings is 13. The van der Waals surface area contributed by atoms with Gasteiger partial charge in [-0.05, 0) is 87.3 Å². The third kappa shape index (κ3) is 5.61. The molecule has 12 heteroatoms. The van der Waals surface area contributed by atoms with Crippen LogP contribution < -0.4 is 59.6 Å². The van der Waals surface area contributed by atoms with Crippen LogP contribution in [-0.2, 0) is 0 Å². The van der Waals surface area contributed by atoms with Crippen LogP contribution in [0.5, 0.6) is 0 Å². The summed E-state index contributed by atoms with van der Waals surface area (Å²) in [7, 11) is 0.209. The average Bonchev–Trinajstić information content (AvgIpc) is 1.36. The van der Waals surface area contributed by atoms with Gasteiger partial charge in [0.15, 0.2) is 0 Å². The van der Waals surface area contributed by atoms with E-state index in [1.165, 1.54) is 176 Å². The molecule has 0 atom stereocenters. The van der Waals surface area contributed by atoms with E-state index in [-0.39, 0.29) is 7.06 Å². The van der Waals surface area contributed by atoms with Crippen LogP contribution >= 0.6 is 6.39 Å². The van der Waals surface area contributed by atoms with E-state index in [1.807, 2.05) is 0 Å². The predicted octanol–water partition coefficient (Wildman–Crippen LogP) is 10.9. The molecule has 10 aliphatic heterocycles. The molecule has 0 unspecified atom stereocenters. The van der Waals surface area contributed by atoms with Crippen molar-refractivity contribution in [3.63, 3.8) is 0 Å². The molecule has 0 radical (unpaired) electrons. The zero-order valence-corrected chi connectivity index (χ0v) is 52.1. The van der Waals surface area contributed by atoms with Gasteiger partial charge in [0.05, 0.1) is 11.0 Å². The van der Waals surface area contributed by atoms with E-state index < -0.39 is 6.39 Å². The van der Waals surface area contributed by atoms with Gasteiger partial charge in [-0.15, -0.1) is 0 Å². The molecule has 10 aliphatic rings. The molecular formula is C80H53B7N4P-. The van der Waals surface area contributed by atoms with Gasteiger partial charge in [-0.25, -0.2) is 0 Å². The first kappa shape index (κ1) is 49.7. The maximum absolute atomic E-state index is 4.34. The molecule has 2 bridgehead atoms. The number of fused-ring (bicyclic) bond motifs is 24. The van der Waals surface area contributed by atoms with Gasteiger partial charge >= 0.3 is 224 Å². The Balaban J connectivity index is 0.0000000905. The molecule has 4 nitrogen and oxygen atoms in total. The van der Waals surface area contributed by atoms with E-state index in [4.69, 9.17) is 0 Å². The second-order valence-electron chi connectivity index (χ2n) is 28.3.